The fourth-order valence-corrected chi connectivity index (χ4v) is 3.48. The number of alkyl carbamates (subject to hydrolysis) is 1. The Hall–Kier alpha value is -3.88. The summed E-state index contributed by atoms with van der Waals surface area (Å²) in [5, 5.41) is 2.47. The maximum atomic E-state index is 13.1. The molecule has 37 heavy (non-hydrogen) atoms. The fourth-order valence-electron chi connectivity index (χ4n) is 3.48. The van der Waals surface area contributed by atoms with E-state index in [0.717, 1.165) is 11.1 Å². The third-order valence-corrected chi connectivity index (χ3v) is 5.48. The number of carbonyl (C=O) groups excluding carboxylic acids is 4. The zero-order valence-corrected chi connectivity index (χ0v) is 22.4. The van der Waals surface area contributed by atoms with Gasteiger partial charge in [-0.15, -0.1) is 0 Å². The van der Waals surface area contributed by atoms with E-state index < -0.39 is 41.6 Å². The molecule has 9 nitrogen and oxygen atoms in total. The number of hydrogen-bond donors (Lipinski definition) is 1. The van der Waals surface area contributed by atoms with Gasteiger partial charge in [0.15, 0.2) is 0 Å². The molecule has 2 rings (SSSR count). The molecule has 0 spiro atoms. The van der Waals surface area contributed by atoms with E-state index in [0.29, 0.717) is 0 Å². The number of esters is 1. The number of rotatable bonds is 10. The number of benzene rings is 2. The van der Waals surface area contributed by atoms with Crippen molar-refractivity contribution < 1.29 is 28.7 Å². The van der Waals surface area contributed by atoms with E-state index in [2.05, 4.69) is 5.32 Å². The van der Waals surface area contributed by atoms with E-state index in [4.69, 9.17) is 9.47 Å². The lowest BCUT2D eigenvalue weighted by Crippen LogP contribution is -2.52. The Kier molecular flexibility index (Phi) is 10.7. The van der Waals surface area contributed by atoms with Crippen molar-refractivity contribution in [1.82, 2.24) is 15.1 Å². The average Bonchev–Trinajstić information content (AvgIpc) is 2.84. The minimum absolute atomic E-state index is 0.0826. The predicted molar refractivity (Wildman–Crippen MR) is 139 cm³/mol. The minimum Gasteiger partial charge on any atom is -0.459 e. The second-order valence-electron chi connectivity index (χ2n) is 9.87. The highest BCUT2D eigenvalue weighted by molar-refractivity contribution is 5.90. The first-order valence-corrected chi connectivity index (χ1v) is 12.1. The number of likely N-dealkylation sites (N-methyl/N-ethyl adjacent to an activating group) is 2. The summed E-state index contributed by atoms with van der Waals surface area (Å²) < 4.78 is 10.7. The van der Waals surface area contributed by atoms with Gasteiger partial charge in [0, 0.05) is 20.5 Å². The van der Waals surface area contributed by atoms with Crippen LogP contribution in [0.1, 0.15) is 38.8 Å². The number of nitrogens with one attached hydrogen (secondary N) is 1. The van der Waals surface area contributed by atoms with Crippen molar-refractivity contribution in [2.45, 2.75) is 58.4 Å². The van der Waals surface area contributed by atoms with Crippen LogP contribution >= 0.6 is 0 Å². The van der Waals surface area contributed by atoms with Crippen molar-refractivity contribution in [3.8, 4) is 0 Å². The quantitative estimate of drug-likeness (QED) is 0.492. The van der Waals surface area contributed by atoms with Gasteiger partial charge in [-0.2, -0.15) is 0 Å². The lowest BCUT2D eigenvalue weighted by molar-refractivity contribution is -0.156. The third kappa shape index (κ3) is 9.95. The molecule has 9 heteroatoms. The lowest BCUT2D eigenvalue weighted by atomic mass is 10.0. The Morgan fingerprint density at radius 1 is 0.892 bits per heavy atom. The zero-order chi connectivity index (χ0) is 27.6. The molecule has 0 bridgehead atoms. The molecule has 0 aromatic heterocycles. The molecule has 2 aromatic carbocycles. The van der Waals surface area contributed by atoms with Crippen LogP contribution in [0.5, 0.6) is 0 Å². The van der Waals surface area contributed by atoms with E-state index in [1.807, 2.05) is 60.7 Å². The van der Waals surface area contributed by atoms with E-state index in [1.165, 1.54) is 30.8 Å². The van der Waals surface area contributed by atoms with Gasteiger partial charge in [-0.3, -0.25) is 9.59 Å². The Morgan fingerprint density at radius 3 is 1.97 bits per heavy atom. The molecule has 0 radical (unpaired) electrons. The molecule has 0 aliphatic heterocycles. The van der Waals surface area contributed by atoms with Gasteiger partial charge in [0.05, 0.1) is 6.54 Å². The molecule has 3 amide bonds. The van der Waals surface area contributed by atoms with E-state index >= 15 is 0 Å². The van der Waals surface area contributed by atoms with Crippen molar-refractivity contribution >= 4 is 23.9 Å². The van der Waals surface area contributed by atoms with Gasteiger partial charge in [-0.05, 0) is 38.8 Å². The summed E-state index contributed by atoms with van der Waals surface area (Å²) in [7, 11) is 2.97. The Morgan fingerprint density at radius 2 is 1.43 bits per heavy atom. The van der Waals surface area contributed by atoms with Crippen LogP contribution < -0.4 is 5.32 Å². The second kappa shape index (κ2) is 13.4. The number of amides is 3. The molecule has 0 aliphatic carbocycles. The first-order chi connectivity index (χ1) is 17.4. The van der Waals surface area contributed by atoms with Crippen LogP contribution in [0.3, 0.4) is 0 Å². The minimum atomic E-state index is -0.908. The maximum Gasteiger partial charge on any atom is 0.408 e. The third-order valence-electron chi connectivity index (χ3n) is 5.48. The number of carbonyl (C=O) groups is 4. The maximum absolute atomic E-state index is 13.1. The first-order valence-electron chi connectivity index (χ1n) is 12.1. The zero-order valence-electron chi connectivity index (χ0n) is 22.4. The highest BCUT2D eigenvalue weighted by Crippen LogP contribution is 2.13. The van der Waals surface area contributed by atoms with Crippen molar-refractivity contribution in [2.75, 3.05) is 20.6 Å². The van der Waals surface area contributed by atoms with Gasteiger partial charge >= 0.3 is 12.1 Å². The highest BCUT2D eigenvalue weighted by atomic mass is 16.6. The summed E-state index contributed by atoms with van der Waals surface area (Å²) in [5.74, 6) is -1.46. The van der Waals surface area contributed by atoms with Gasteiger partial charge in [0.1, 0.15) is 24.3 Å². The topological polar surface area (TPSA) is 105 Å². The van der Waals surface area contributed by atoms with Crippen LogP contribution in [0.15, 0.2) is 60.7 Å². The predicted octanol–water partition coefficient (Wildman–Crippen LogP) is 3.17. The van der Waals surface area contributed by atoms with Crippen molar-refractivity contribution in [3.63, 3.8) is 0 Å². The van der Waals surface area contributed by atoms with E-state index in [9.17, 15) is 19.2 Å². The van der Waals surface area contributed by atoms with Crippen LogP contribution in [0, 0.1) is 0 Å². The molecule has 1 N–H and O–H groups in total. The molecule has 0 unspecified atom stereocenters. The summed E-state index contributed by atoms with van der Waals surface area (Å²) in [6.45, 7) is 6.46. The van der Waals surface area contributed by atoms with Crippen molar-refractivity contribution in [1.29, 1.82) is 0 Å². The van der Waals surface area contributed by atoms with Crippen molar-refractivity contribution in [3.05, 3.63) is 71.8 Å². The molecule has 2 atom stereocenters. The van der Waals surface area contributed by atoms with Gasteiger partial charge in [0.25, 0.3) is 0 Å². The smallest absolute Gasteiger partial charge is 0.408 e. The van der Waals surface area contributed by atoms with Crippen LogP contribution in [0.25, 0.3) is 0 Å². The second-order valence-corrected chi connectivity index (χ2v) is 9.87. The van der Waals surface area contributed by atoms with Crippen LogP contribution in [-0.4, -0.2) is 72.0 Å². The normalized spacial score (nSPS) is 12.6. The van der Waals surface area contributed by atoms with Crippen LogP contribution in [-0.2, 0) is 36.9 Å². The number of hydrogen-bond acceptors (Lipinski definition) is 6. The molecule has 0 saturated heterocycles. The Labute approximate surface area is 218 Å². The molecule has 0 fully saturated rings. The van der Waals surface area contributed by atoms with Gasteiger partial charge in [0.2, 0.25) is 11.8 Å². The molecular weight excluding hydrogens is 474 g/mol. The Balaban J connectivity index is 2.05. The van der Waals surface area contributed by atoms with Crippen molar-refractivity contribution in [2.24, 2.45) is 0 Å². The van der Waals surface area contributed by atoms with Crippen LogP contribution in [0.2, 0.25) is 0 Å². The number of nitrogens with zero attached hydrogens (tertiary/aromatic N) is 2. The van der Waals surface area contributed by atoms with Gasteiger partial charge < -0.3 is 24.6 Å². The summed E-state index contributed by atoms with van der Waals surface area (Å²) in [5.41, 5.74) is 0.990. The first kappa shape index (κ1) is 29.4. The van der Waals surface area contributed by atoms with Gasteiger partial charge in [-0.25, -0.2) is 9.59 Å². The molecule has 200 valence electrons. The Bertz CT molecular complexity index is 1050. The van der Waals surface area contributed by atoms with E-state index in [-0.39, 0.29) is 19.6 Å². The van der Waals surface area contributed by atoms with Crippen LogP contribution in [0.4, 0.5) is 4.79 Å². The summed E-state index contributed by atoms with van der Waals surface area (Å²) in [6, 6.07) is 16.8. The fraction of sp³-hybridized carbons (Fsp3) is 0.429. The molecule has 0 saturated carbocycles. The number of ether oxygens (including phenoxy) is 2. The standard InChI is InChI=1S/C28H37N3O6/c1-20(29-27(35)37-28(2,3)4)25(33)30(5)18-24(32)31(6)23(17-21-13-9-7-10-14-21)26(34)36-19-22-15-11-8-12-16-22/h7-16,20,23H,17-19H2,1-6H3,(H,29,35)/t20-,23-/m0/s1. The lowest BCUT2D eigenvalue weighted by Gasteiger charge is -2.29. The molecule has 0 heterocycles. The SMILES string of the molecule is C[C@H](NC(=O)OC(C)(C)C)C(=O)N(C)CC(=O)N(C)[C@@H](Cc1ccccc1)C(=O)OCc1ccccc1. The van der Waals surface area contributed by atoms with Gasteiger partial charge in [-0.1, -0.05) is 60.7 Å². The molecular formula is C28H37N3O6. The molecule has 2 aromatic rings. The monoisotopic (exact) mass is 511 g/mol. The van der Waals surface area contributed by atoms with E-state index in [1.54, 1.807) is 20.8 Å². The highest BCUT2D eigenvalue weighted by Gasteiger charge is 2.31. The molecule has 0 aliphatic rings. The summed E-state index contributed by atoms with van der Waals surface area (Å²) in [6.07, 6.45) is -0.473. The summed E-state index contributed by atoms with van der Waals surface area (Å²) >= 11 is 0. The average molecular weight is 512 g/mol. The largest absolute Gasteiger partial charge is 0.459 e. The summed E-state index contributed by atoms with van der Waals surface area (Å²) in [4.78, 5) is 53.4.